The second-order valence-electron chi connectivity index (χ2n) is 5.34. The first-order valence-corrected chi connectivity index (χ1v) is 7.67. The SMILES string of the molecule is CNC(=O)c1ccc(C)c(NC(=O)c2ccc(=O)n(CCOC)n2)c1. The normalized spacial score (nSPS) is 10.4. The number of carbonyl (C=O) groups is 2. The number of aryl methyl sites for hydroxylation is 1. The summed E-state index contributed by atoms with van der Waals surface area (Å²) in [5.74, 6) is -0.718. The van der Waals surface area contributed by atoms with Gasteiger partial charge in [-0.05, 0) is 30.7 Å². The summed E-state index contributed by atoms with van der Waals surface area (Å²) in [6.45, 7) is 2.38. The molecule has 1 aromatic carbocycles. The smallest absolute Gasteiger partial charge is 0.276 e. The number of methoxy groups -OCH3 is 1. The van der Waals surface area contributed by atoms with Crippen LogP contribution in [0.4, 0.5) is 5.69 Å². The fourth-order valence-electron chi connectivity index (χ4n) is 2.14. The van der Waals surface area contributed by atoms with Crippen molar-refractivity contribution in [2.45, 2.75) is 13.5 Å². The van der Waals surface area contributed by atoms with E-state index in [1.165, 1.54) is 31.0 Å². The lowest BCUT2D eigenvalue weighted by Crippen LogP contribution is -2.27. The number of nitrogens with zero attached hydrogens (tertiary/aromatic N) is 2. The van der Waals surface area contributed by atoms with E-state index in [1.807, 2.05) is 6.92 Å². The van der Waals surface area contributed by atoms with Gasteiger partial charge in [0.1, 0.15) is 5.69 Å². The van der Waals surface area contributed by atoms with Crippen LogP contribution in [0.2, 0.25) is 0 Å². The molecule has 8 nitrogen and oxygen atoms in total. The first-order valence-electron chi connectivity index (χ1n) is 7.67. The lowest BCUT2D eigenvalue weighted by molar-refractivity contribution is 0.0961. The number of ether oxygens (including phenoxy) is 1. The van der Waals surface area contributed by atoms with Gasteiger partial charge in [-0.1, -0.05) is 6.07 Å². The molecule has 132 valence electrons. The Bertz CT molecular complexity index is 845. The summed E-state index contributed by atoms with van der Waals surface area (Å²) in [5, 5.41) is 9.29. The number of rotatable bonds is 6. The van der Waals surface area contributed by atoms with E-state index in [2.05, 4.69) is 15.7 Å². The van der Waals surface area contributed by atoms with Crippen LogP contribution in [0.5, 0.6) is 0 Å². The van der Waals surface area contributed by atoms with E-state index in [1.54, 1.807) is 18.2 Å². The first kappa shape index (κ1) is 18.3. The Kier molecular flexibility index (Phi) is 6.02. The summed E-state index contributed by atoms with van der Waals surface area (Å²) < 4.78 is 6.09. The lowest BCUT2D eigenvalue weighted by Gasteiger charge is -2.11. The number of hydrogen-bond donors (Lipinski definition) is 2. The van der Waals surface area contributed by atoms with Crippen LogP contribution in [-0.2, 0) is 11.3 Å². The van der Waals surface area contributed by atoms with Gasteiger partial charge >= 0.3 is 0 Å². The third-order valence-electron chi connectivity index (χ3n) is 3.58. The Morgan fingerprint density at radius 2 is 1.96 bits per heavy atom. The Morgan fingerprint density at radius 3 is 2.64 bits per heavy atom. The van der Waals surface area contributed by atoms with E-state index in [-0.39, 0.29) is 23.7 Å². The van der Waals surface area contributed by atoms with Crippen LogP contribution >= 0.6 is 0 Å². The molecule has 0 spiro atoms. The van der Waals surface area contributed by atoms with Gasteiger partial charge in [-0.25, -0.2) is 4.68 Å². The maximum absolute atomic E-state index is 12.4. The van der Waals surface area contributed by atoms with Crippen molar-refractivity contribution in [1.82, 2.24) is 15.1 Å². The van der Waals surface area contributed by atoms with Gasteiger partial charge in [0.05, 0.1) is 13.2 Å². The summed E-state index contributed by atoms with van der Waals surface area (Å²) in [5.41, 5.74) is 1.52. The second kappa shape index (κ2) is 8.20. The number of hydrogen-bond acceptors (Lipinski definition) is 5. The number of aromatic nitrogens is 2. The molecule has 25 heavy (non-hydrogen) atoms. The van der Waals surface area contributed by atoms with E-state index >= 15 is 0 Å². The molecule has 2 rings (SSSR count). The molecule has 0 saturated carbocycles. The van der Waals surface area contributed by atoms with Crippen molar-refractivity contribution >= 4 is 17.5 Å². The number of anilines is 1. The summed E-state index contributed by atoms with van der Waals surface area (Å²) >= 11 is 0. The molecular weight excluding hydrogens is 324 g/mol. The lowest BCUT2D eigenvalue weighted by atomic mass is 10.1. The zero-order chi connectivity index (χ0) is 18.4. The predicted molar refractivity (Wildman–Crippen MR) is 92.9 cm³/mol. The molecule has 0 unspecified atom stereocenters. The predicted octanol–water partition coefficient (Wildman–Crippen LogP) is 0.810. The van der Waals surface area contributed by atoms with E-state index in [9.17, 15) is 14.4 Å². The van der Waals surface area contributed by atoms with Gasteiger partial charge in [-0.15, -0.1) is 0 Å². The van der Waals surface area contributed by atoms with Crippen molar-refractivity contribution in [2.24, 2.45) is 0 Å². The Balaban J connectivity index is 2.25. The average molecular weight is 344 g/mol. The molecule has 0 fully saturated rings. The molecule has 0 aliphatic carbocycles. The summed E-state index contributed by atoms with van der Waals surface area (Å²) in [6.07, 6.45) is 0. The molecule has 0 atom stereocenters. The molecule has 8 heteroatoms. The third kappa shape index (κ3) is 4.51. The molecule has 2 amide bonds. The molecular formula is C17H20N4O4. The first-order chi connectivity index (χ1) is 12.0. The Morgan fingerprint density at radius 1 is 1.20 bits per heavy atom. The van der Waals surface area contributed by atoms with Crippen molar-refractivity contribution in [2.75, 3.05) is 26.1 Å². The standard InChI is InChI=1S/C17H20N4O4/c1-11-4-5-12(16(23)18-2)10-14(11)19-17(24)13-6-7-15(22)21(20-13)8-9-25-3/h4-7,10H,8-9H2,1-3H3,(H,18,23)(H,19,24). The van der Waals surface area contributed by atoms with Gasteiger partial charge in [0, 0.05) is 31.5 Å². The fraction of sp³-hybridized carbons (Fsp3) is 0.294. The van der Waals surface area contributed by atoms with Crippen LogP contribution in [0, 0.1) is 6.92 Å². The van der Waals surface area contributed by atoms with E-state index in [0.717, 1.165) is 5.56 Å². The van der Waals surface area contributed by atoms with Crippen LogP contribution in [0.3, 0.4) is 0 Å². The topological polar surface area (TPSA) is 102 Å². The van der Waals surface area contributed by atoms with Gasteiger partial charge in [0.25, 0.3) is 17.4 Å². The van der Waals surface area contributed by atoms with Gasteiger partial charge in [0.15, 0.2) is 0 Å². The zero-order valence-corrected chi connectivity index (χ0v) is 14.3. The van der Waals surface area contributed by atoms with Crippen LogP contribution in [0.1, 0.15) is 26.4 Å². The van der Waals surface area contributed by atoms with Crippen molar-refractivity contribution < 1.29 is 14.3 Å². The van der Waals surface area contributed by atoms with E-state index in [4.69, 9.17) is 4.74 Å². The summed E-state index contributed by atoms with van der Waals surface area (Å²) in [4.78, 5) is 35.9. The van der Waals surface area contributed by atoms with Crippen LogP contribution in [0.15, 0.2) is 35.1 Å². The average Bonchev–Trinajstić information content (AvgIpc) is 2.62. The van der Waals surface area contributed by atoms with Gasteiger partial charge in [-0.2, -0.15) is 5.10 Å². The van der Waals surface area contributed by atoms with E-state index < -0.39 is 5.91 Å². The quantitative estimate of drug-likeness (QED) is 0.807. The largest absolute Gasteiger partial charge is 0.383 e. The van der Waals surface area contributed by atoms with Crippen LogP contribution < -0.4 is 16.2 Å². The number of amides is 2. The monoisotopic (exact) mass is 344 g/mol. The van der Waals surface area contributed by atoms with Crippen molar-refractivity contribution in [3.05, 3.63) is 57.5 Å². The van der Waals surface area contributed by atoms with Crippen molar-refractivity contribution in [3.8, 4) is 0 Å². The Hall–Kier alpha value is -3.00. The maximum atomic E-state index is 12.4. The minimum absolute atomic E-state index is 0.0976. The molecule has 2 aromatic rings. The van der Waals surface area contributed by atoms with Crippen molar-refractivity contribution in [3.63, 3.8) is 0 Å². The highest BCUT2D eigenvalue weighted by Crippen LogP contribution is 2.17. The van der Waals surface area contributed by atoms with Gasteiger partial charge in [0.2, 0.25) is 0 Å². The van der Waals surface area contributed by atoms with Crippen LogP contribution in [0.25, 0.3) is 0 Å². The number of nitrogens with one attached hydrogen (secondary N) is 2. The summed E-state index contributed by atoms with van der Waals surface area (Å²) in [7, 11) is 3.05. The van der Waals surface area contributed by atoms with E-state index in [0.29, 0.717) is 17.9 Å². The Labute approximate surface area is 144 Å². The molecule has 1 heterocycles. The molecule has 1 aromatic heterocycles. The summed E-state index contributed by atoms with van der Waals surface area (Å²) in [6, 6.07) is 7.65. The molecule has 0 aliphatic rings. The van der Waals surface area contributed by atoms with Crippen LogP contribution in [-0.4, -0.2) is 42.4 Å². The molecule has 0 bridgehead atoms. The number of carbonyl (C=O) groups excluding carboxylic acids is 2. The highest BCUT2D eigenvalue weighted by molar-refractivity contribution is 6.04. The fourth-order valence-corrected chi connectivity index (χ4v) is 2.14. The minimum Gasteiger partial charge on any atom is -0.383 e. The zero-order valence-electron chi connectivity index (χ0n) is 14.3. The molecule has 0 radical (unpaired) electrons. The highest BCUT2D eigenvalue weighted by Gasteiger charge is 2.13. The molecule has 0 saturated heterocycles. The number of benzene rings is 1. The highest BCUT2D eigenvalue weighted by atomic mass is 16.5. The van der Waals surface area contributed by atoms with Crippen molar-refractivity contribution in [1.29, 1.82) is 0 Å². The molecule has 2 N–H and O–H groups in total. The van der Waals surface area contributed by atoms with Gasteiger partial charge < -0.3 is 15.4 Å². The minimum atomic E-state index is -0.469. The maximum Gasteiger partial charge on any atom is 0.276 e. The molecule has 0 aliphatic heterocycles. The van der Waals surface area contributed by atoms with Gasteiger partial charge in [-0.3, -0.25) is 14.4 Å². The third-order valence-corrected chi connectivity index (χ3v) is 3.58. The second-order valence-corrected chi connectivity index (χ2v) is 5.34.